The molecule has 0 aliphatic heterocycles. The number of rotatable bonds is 4. The Kier molecular flexibility index (Phi) is 4.95. The summed E-state index contributed by atoms with van der Waals surface area (Å²) in [6.07, 6.45) is -0.109. The van der Waals surface area contributed by atoms with E-state index >= 15 is 0 Å². The molecule has 1 atom stereocenters. The van der Waals surface area contributed by atoms with Crippen LogP contribution in [-0.4, -0.2) is 36.6 Å². The highest BCUT2D eigenvalue weighted by molar-refractivity contribution is 4.49. The molecule has 2 N–H and O–H groups in total. The molecule has 0 unspecified atom stereocenters. The molecule has 8 heavy (non-hydrogen) atoms. The number of methoxy groups -OCH3 is 1. The number of hydrogen-bond donors (Lipinski definition) is 2. The zero-order valence-electron chi connectivity index (χ0n) is 5.00. The molecule has 0 heterocycles. The Morgan fingerprint density at radius 1 is 1.62 bits per heavy atom. The zero-order valence-corrected chi connectivity index (χ0v) is 5.00. The first-order valence-electron chi connectivity index (χ1n) is 2.59. The van der Waals surface area contributed by atoms with Crippen molar-refractivity contribution in [3.63, 3.8) is 0 Å². The summed E-state index contributed by atoms with van der Waals surface area (Å²) in [4.78, 5) is 0. The smallest absolute Gasteiger partial charge is 0.0792 e. The average molecular weight is 120 g/mol. The molecule has 0 aliphatic carbocycles. The average Bonchev–Trinajstić information content (AvgIpc) is 1.83. The molecule has 50 valence electrons. The number of aliphatic hydroxyl groups is 2. The van der Waals surface area contributed by atoms with Gasteiger partial charge in [0.25, 0.3) is 0 Å². The van der Waals surface area contributed by atoms with Crippen LogP contribution in [0.25, 0.3) is 0 Å². The van der Waals surface area contributed by atoms with Gasteiger partial charge in [-0.25, -0.2) is 0 Å². The van der Waals surface area contributed by atoms with Crippen LogP contribution in [0.3, 0.4) is 0 Å². The zero-order chi connectivity index (χ0) is 6.41. The standard InChI is InChI=1S/C5H12O3/c1-8-3-2-5(7)4-6/h5-7H,2-4H2,1H3/t5-/m0/s1. The van der Waals surface area contributed by atoms with E-state index in [0.29, 0.717) is 13.0 Å². The lowest BCUT2D eigenvalue weighted by molar-refractivity contribution is 0.0620. The second kappa shape index (κ2) is 5.03. The second-order valence-corrected chi connectivity index (χ2v) is 1.62. The molecule has 0 fully saturated rings. The second-order valence-electron chi connectivity index (χ2n) is 1.62. The first-order valence-corrected chi connectivity index (χ1v) is 2.59. The molecule has 0 amide bonds. The van der Waals surface area contributed by atoms with E-state index in [9.17, 15) is 0 Å². The molecule has 3 nitrogen and oxygen atoms in total. The third kappa shape index (κ3) is 4.05. The predicted octanol–water partition coefficient (Wildman–Crippen LogP) is -0.624. The summed E-state index contributed by atoms with van der Waals surface area (Å²) >= 11 is 0. The lowest BCUT2D eigenvalue weighted by atomic mass is 10.3. The minimum atomic E-state index is -0.616. The first kappa shape index (κ1) is 7.88. The van der Waals surface area contributed by atoms with Crippen LogP contribution >= 0.6 is 0 Å². The Morgan fingerprint density at radius 2 is 2.25 bits per heavy atom. The van der Waals surface area contributed by atoms with Crippen LogP contribution in [-0.2, 0) is 4.74 Å². The van der Waals surface area contributed by atoms with Crippen LogP contribution in [0.2, 0.25) is 0 Å². The summed E-state index contributed by atoms with van der Waals surface area (Å²) in [6.45, 7) is 0.324. The van der Waals surface area contributed by atoms with Gasteiger partial charge in [-0.3, -0.25) is 0 Å². The molecule has 0 saturated heterocycles. The molecule has 0 radical (unpaired) electrons. The van der Waals surface area contributed by atoms with Crippen molar-refractivity contribution < 1.29 is 14.9 Å². The molecule has 0 bridgehead atoms. The van der Waals surface area contributed by atoms with Crippen molar-refractivity contribution in [3.05, 3.63) is 0 Å². The molecule has 0 saturated carbocycles. The Labute approximate surface area is 48.9 Å². The quantitative estimate of drug-likeness (QED) is 0.519. The lowest BCUT2D eigenvalue weighted by Crippen LogP contribution is -2.13. The molecule has 0 spiro atoms. The summed E-state index contributed by atoms with van der Waals surface area (Å²) in [6, 6.07) is 0. The van der Waals surface area contributed by atoms with Gasteiger partial charge in [-0.1, -0.05) is 0 Å². The van der Waals surface area contributed by atoms with E-state index in [1.807, 2.05) is 0 Å². The van der Waals surface area contributed by atoms with Crippen molar-refractivity contribution in [2.24, 2.45) is 0 Å². The van der Waals surface area contributed by atoms with Crippen LogP contribution in [0.5, 0.6) is 0 Å². The highest BCUT2D eigenvalue weighted by Crippen LogP contribution is 1.87. The predicted molar refractivity (Wildman–Crippen MR) is 29.6 cm³/mol. The monoisotopic (exact) mass is 120 g/mol. The fraction of sp³-hybridized carbons (Fsp3) is 1.00. The van der Waals surface area contributed by atoms with E-state index in [4.69, 9.17) is 10.2 Å². The Hall–Kier alpha value is -0.120. The van der Waals surface area contributed by atoms with E-state index in [1.165, 1.54) is 0 Å². The van der Waals surface area contributed by atoms with E-state index in [-0.39, 0.29) is 6.61 Å². The molecule has 0 aromatic rings. The largest absolute Gasteiger partial charge is 0.394 e. The van der Waals surface area contributed by atoms with Crippen molar-refractivity contribution in [3.8, 4) is 0 Å². The van der Waals surface area contributed by atoms with E-state index in [0.717, 1.165) is 0 Å². The fourth-order valence-electron chi connectivity index (χ4n) is 0.345. The third-order valence-corrected chi connectivity index (χ3v) is 0.866. The maximum atomic E-state index is 8.66. The van der Waals surface area contributed by atoms with Gasteiger partial charge in [-0.15, -0.1) is 0 Å². The normalized spacial score (nSPS) is 13.9. The van der Waals surface area contributed by atoms with E-state index in [1.54, 1.807) is 7.11 Å². The van der Waals surface area contributed by atoms with Crippen molar-refractivity contribution in [1.82, 2.24) is 0 Å². The van der Waals surface area contributed by atoms with Crippen LogP contribution < -0.4 is 0 Å². The van der Waals surface area contributed by atoms with Gasteiger partial charge in [0, 0.05) is 13.7 Å². The van der Waals surface area contributed by atoms with Crippen LogP contribution in [0, 0.1) is 0 Å². The first-order chi connectivity index (χ1) is 3.81. The lowest BCUT2D eigenvalue weighted by Gasteiger charge is -2.03. The Balaban J connectivity index is 2.86. The van der Waals surface area contributed by atoms with Gasteiger partial charge < -0.3 is 14.9 Å². The van der Waals surface area contributed by atoms with Crippen LogP contribution in [0.1, 0.15) is 6.42 Å². The van der Waals surface area contributed by atoms with Crippen molar-refractivity contribution >= 4 is 0 Å². The van der Waals surface area contributed by atoms with Gasteiger partial charge in [0.15, 0.2) is 0 Å². The maximum absolute atomic E-state index is 8.66. The topological polar surface area (TPSA) is 49.7 Å². The minimum Gasteiger partial charge on any atom is -0.394 e. The van der Waals surface area contributed by atoms with Crippen molar-refractivity contribution in [2.75, 3.05) is 20.3 Å². The highest BCUT2D eigenvalue weighted by Gasteiger charge is 1.98. The summed E-state index contributed by atoms with van der Waals surface area (Å²) < 4.78 is 4.64. The number of ether oxygens (including phenoxy) is 1. The highest BCUT2D eigenvalue weighted by atomic mass is 16.5. The summed E-state index contributed by atoms with van der Waals surface area (Å²) in [5, 5.41) is 16.9. The number of aliphatic hydroxyl groups excluding tert-OH is 2. The van der Waals surface area contributed by atoms with Gasteiger partial charge in [0.1, 0.15) is 0 Å². The van der Waals surface area contributed by atoms with Crippen molar-refractivity contribution in [1.29, 1.82) is 0 Å². The molecule has 0 rings (SSSR count). The SMILES string of the molecule is COCC[C@H](O)CO. The third-order valence-electron chi connectivity index (χ3n) is 0.866. The van der Waals surface area contributed by atoms with Crippen molar-refractivity contribution in [2.45, 2.75) is 12.5 Å². The molecule has 0 aliphatic rings. The summed E-state index contributed by atoms with van der Waals surface area (Å²) in [5.41, 5.74) is 0. The molecular formula is C5H12O3. The maximum Gasteiger partial charge on any atom is 0.0792 e. The van der Waals surface area contributed by atoms with E-state index < -0.39 is 6.10 Å². The fourth-order valence-corrected chi connectivity index (χ4v) is 0.345. The number of hydrogen-bond acceptors (Lipinski definition) is 3. The van der Waals surface area contributed by atoms with E-state index in [2.05, 4.69) is 4.74 Å². The summed E-state index contributed by atoms with van der Waals surface area (Å²) in [5.74, 6) is 0. The molecule has 0 aromatic heterocycles. The molecule has 3 heteroatoms. The Morgan fingerprint density at radius 3 is 2.62 bits per heavy atom. The van der Waals surface area contributed by atoms with Gasteiger partial charge in [0.05, 0.1) is 12.7 Å². The minimum absolute atomic E-state index is 0.177. The van der Waals surface area contributed by atoms with Crippen LogP contribution in [0.15, 0.2) is 0 Å². The van der Waals surface area contributed by atoms with Gasteiger partial charge in [0.2, 0.25) is 0 Å². The molecular weight excluding hydrogens is 108 g/mol. The Bertz CT molecular complexity index is 46.9. The van der Waals surface area contributed by atoms with Gasteiger partial charge in [-0.05, 0) is 6.42 Å². The summed E-state index contributed by atoms with van der Waals surface area (Å²) in [7, 11) is 1.56. The van der Waals surface area contributed by atoms with Crippen LogP contribution in [0.4, 0.5) is 0 Å². The molecule has 0 aromatic carbocycles. The van der Waals surface area contributed by atoms with Gasteiger partial charge in [-0.2, -0.15) is 0 Å². The van der Waals surface area contributed by atoms with Gasteiger partial charge >= 0.3 is 0 Å².